The molecule has 1 aromatic heterocycles. The van der Waals surface area contributed by atoms with E-state index in [1.54, 1.807) is 12.1 Å². The Kier molecular flexibility index (Phi) is 3.46. The van der Waals surface area contributed by atoms with Gasteiger partial charge in [-0.25, -0.2) is 9.78 Å². The summed E-state index contributed by atoms with van der Waals surface area (Å²) in [6, 6.07) is 7.12. The number of hydrogen-bond donors (Lipinski definition) is 2. The first-order valence-corrected chi connectivity index (χ1v) is 5.92. The van der Waals surface area contributed by atoms with Gasteiger partial charge in [0.2, 0.25) is 5.78 Å². The van der Waals surface area contributed by atoms with Crippen LogP contribution in [0.15, 0.2) is 30.6 Å². The fourth-order valence-corrected chi connectivity index (χ4v) is 1.79. The third-order valence-corrected chi connectivity index (χ3v) is 2.91. The average Bonchev–Trinajstić information content (AvgIpc) is 2.87. The first-order chi connectivity index (χ1) is 9.00. The fourth-order valence-electron chi connectivity index (χ4n) is 1.79. The molecular formula is C14H14N2O3. The van der Waals surface area contributed by atoms with E-state index in [1.165, 1.54) is 6.33 Å². The summed E-state index contributed by atoms with van der Waals surface area (Å²) in [5, 5.41) is 8.94. The summed E-state index contributed by atoms with van der Waals surface area (Å²) in [6.07, 6.45) is 1.21. The first kappa shape index (κ1) is 13.0. The zero-order valence-electron chi connectivity index (χ0n) is 10.7. The van der Waals surface area contributed by atoms with Crippen molar-refractivity contribution in [2.24, 2.45) is 0 Å². The smallest absolute Gasteiger partial charge is 0.354 e. The van der Waals surface area contributed by atoms with Crippen molar-refractivity contribution >= 4 is 11.8 Å². The topological polar surface area (TPSA) is 83.0 Å². The molecule has 2 rings (SSSR count). The summed E-state index contributed by atoms with van der Waals surface area (Å²) < 4.78 is 0. The van der Waals surface area contributed by atoms with Gasteiger partial charge in [-0.2, -0.15) is 0 Å². The van der Waals surface area contributed by atoms with Crippen molar-refractivity contribution in [2.75, 3.05) is 0 Å². The Balaban J connectivity index is 2.34. The van der Waals surface area contributed by atoms with Crippen LogP contribution in [-0.2, 0) is 0 Å². The predicted octanol–water partition coefficient (Wildman–Crippen LogP) is 2.46. The van der Waals surface area contributed by atoms with Gasteiger partial charge in [0.1, 0.15) is 5.69 Å². The zero-order valence-corrected chi connectivity index (χ0v) is 10.7. The van der Waals surface area contributed by atoms with E-state index < -0.39 is 11.8 Å². The Morgan fingerprint density at radius 3 is 2.37 bits per heavy atom. The summed E-state index contributed by atoms with van der Waals surface area (Å²) in [4.78, 5) is 29.3. The van der Waals surface area contributed by atoms with Gasteiger partial charge in [0, 0.05) is 5.56 Å². The molecule has 0 atom stereocenters. The third kappa shape index (κ3) is 2.54. The Morgan fingerprint density at radius 2 is 1.84 bits per heavy atom. The number of hydrogen-bond acceptors (Lipinski definition) is 3. The maximum absolute atomic E-state index is 12.2. The molecule has 0 saturated heterocycles. The largest absolute Gasteiger partial charge is 0.477 e. The van der Waals surface area contributed by atoms with E-state index in [9.17, 15) is 9.59 Å². The van der Waals surface area contributed by atoms with Gasteiger partial charge >= 0.3 is 5.97 Å². The maximum Gasteiger partial charge on any atom is 0.354 e. The summed E-state index contributed by atoms with van der Waals surface area (Å²) in [5.41, 5.74) is 1.30. The molecule has 0 aliphatic heterocycles. The molecular weight excluding hydrogens is 244 g/mol. The van der Waals surface area contributed by atoms with Gasteiger partial charge in [0.25, 0.3) is 0 Å². The van der Waals surface area contributed by atoms with Gasteiger partial charge < -0.3 is 10.1 Å². The van der Waals surface area contributed by atoms with Gasteiger partial charge in [0.05, 0.1) is 6.33 Å². The van der Waals surface area contributed by atoms with Gasteiger partial charge in [-0.15, -0.1) is 0 Å². The lowest BCUT2D eigenvalue weighted by Crippen LogP contribution is -2.09. The van der Waals surface area contributed by atoms with Crippen LogP contribution in [0.5, 0.6) is 0 Å². The Labute approximate surface area is 110 Å². The van der Waals surface area contributed by atoms with Gasteiger partial charge in [-0.1, -0.05) is 38.1 Å². The Hall–Kier alpha value is -2.43. The quantitative estimate of drug-likeness (QED) is 0.825. The van der Waals surface area contributed by atoms with Crippen LogP contribution in [0, 0.1) is 0 Å². The molecule has 0 radical (unpaired) electrons. The highest BCUT2D eigenvalue weighted by atomic mass is 16.4. The number of carbonyl (C=O) groups excluding carboxylic acids is 1. The molecule has 0 amide bonds. The van der Waals surface area contributed by atoms with Crippen LogP contribution in [0.1, 0.15) is 51.9 Å². The second-order valence-electron chi connectivity index (χ2n) is 4.54. The number of aromatic amines is 1. The number of carboxylic acids is 1. The van der Waals surface area contributed by atoms with Gasteiger partial charge in [0.15, 0.2) is 5.69 Å². The van der Waals surface area contributed by atoms with Crippen molar-refractivity contribution < 1.29 is 14.7 Å². The van der Waals surface area contributed by atoms with Crippen LogP contribution < -0.4 is 0 Å². The lowest BCUT2D eigenvalue weighted by atomic mass is 9.99. The van der Waals surface area contributed by atoms with Crippen molar-refractivity contribution in [1.82, 2.24) is 9.97 Å². The number of aromatic carboxylic acids is 1. The zero-order chi connectivity index (χ0) is 14.0. The molecule has 98 valence electrons. The molecule has 2 aromatic rings. The van der Waals surface area contributed by atoms with E-state index in [0.29, 0.717) is 11.5 Å². The Morgan fingerprint density at radius 1 is 1.21 bits per heavy atom. The number of nitrogens with one attached hydrogen (secondary N) is 1. The number of nitrogens with zero attached hydrogens (tertiary/aromatic N) is 1. The Bertz CT molecular complexity index is 612. The minimum Gasteiger partial charge on any atom is -0.477 e. The molecule has 5 heteroatoms. The standard InChI is InChI=1S/C14H14N2O3/c1-8(2)9-3-5-10(6-4-9)13(17)11-12(14(18)19)16-7-15-11/h3-8H,1-2H3,(H,15,16)(H,18,19). The van der Waals surface area contributed by atoms with Crippen LogP contribution in [0.4, 0.5) is 0 Å². The molecule has 1 heterocycles. The van der Waals surface area contributed by atoms with Crippen molar-refractivity contribution in [2.45, 2.75) is 19.8 Å². The number of imidazole rings is 1. The summed E-state index contributed by atoms with van der Waals surface area (Å²) in [7, 11) is 0. The number of carboxylic acid groups (broad SMARTS) is 1. The van der Waals surface area contributed by atoms with E-state index in [2.05, 4.69) is 23.8 Å². The molecule has 0 fully saturated rings. The van der Waals surface area contributed by atoms with Gasteiger partial charge in [-0.3, -0.25) is 4.79 Å². The normalized spacial score (nSPS) is 10.7. The summed E-state index contributed by atoms with van der Waals surface area (Å²) in [6.45, 7) is 4.13. The van der Waals surface area contributed by atoms with Crippen LogP contribution in [-0.4, -0.2) is 26.8 Å². The van der Waals surface area contributed by atoms with E-state index in [4.69, 9.17) is 5.11 Å². The number of carbonyl (C=O) groups is 2. The summed E-state index contributed by atoms with van der Waals surface area (Å²) >= 11 is 0. The number of H-pyrrole nitrogens is 1. The van der Waals surface area contributed by atoms with Gasteiger partial charge in [-0.05, 0) is 11.5 Å². The molecule has 2 N–H and O–H groups in total. The van der Waals surface area contributed by atoms with Crippen LogP contribution in [0.3, 0.4) is 0 Å². The SMILES string of the molecule is CC(C)c1ccc(C(=O)c2nc[nH]c2C(=O)O)cc1. The van der Waals surface area contributed by atoms with Crippen molar-refractivity contribution in [3.8, 4) is 0 Å². The highest BCUT2D eigenvalue weighted by Crippen LogP contribution is 2.17. The monoisotopic (exact) mass is 258 g/mol. The minimum atomic E-state index is -1.19. The van der Waals surface area contributed by atoms with E-state index >= 15 is 0 Å². The molecule has 19 heavy (non-hydrogen) atoms. The van der Waals surface area contributed by atoms with Crippen LogP contribution in [0.25, 0.3) is 0 Å². The second kappa shape index (κ2) is 5.06. The van der Waals surface area contributed by atoms with Crippen molar-refractivity contribution in [3.63, 3.8) is 0 Å². The average molecular weight is 258 g/mol. The van der Waals surface area contributed by atoms with Crippen LogP contribution in [0.2, 0.25) is 0 Å². The number of aromatic nitrogens is 2. The lowest BCUT2D eigenvalue weighted by molar-refractivity contribution is 0.0687. The number of rotatable bonds is 4. The molecule has 0 spiro atoms. The highest BCUT2D eigenvalue weighted by Gasteiger charge is 2.20. The predicted molar refractivity (Wildman–Crippen MR) is 69.5 cm³/mol. The molecule has 0 saturated carbocycles. The number of benzene rings is 1. The lowest BCUT2D eigenvalue weighted by Gasteiger charge is -2.05. The molecule has 0 aliphatic rings. The minimum absolute atomic E-state index is 0.0650. The molecule has 1 aromatic carbocycles. The third-order valence-electron chi connectivity index (χ3n) is 2.91. The van der Waals surface area contributed by atoms with Crippen molar-refractivity contribution in [1.29, 1.82) is 0 Å². The van der Waals surface area contributed by atoms with Crippen molar-refractivity contribution in [3.05, 3.63) is 53.1 Å². The first-order valence-electron chi connectivity index (χ1n) is 5.92. The maximum atomic E-state index is 12.2. The van der Waals surface area contributed by atoms with Crippen LogP contribution >= 0.6 is 0 Å². The van der Waals surface area contributed by atoms with E-state index in [-0.39, 0.29) is 11.4 Å². The number of ketones is 1. The second-order valence-corrected chi connectivity index (χ2v) is 4.54. The fraction of sp³-hybridized carbons (Fsp3) is 0.214. The molecule has 0 bridgehead atoms. The highest BCUT2D eigenvalue weighted by molar-refractivity contribution is 6.12. The molecule has 0 unspecified atom stereocenters. The van der Waals surface area contributed by atoms with E-state index in [1.807, 2.05) is 12.1 Å². The summed E-state index contributed by atoms with van der Waals surface area (Å²) in [5.74, 6) is -1.21. The molecule has 0 aliphatic carbocycles. The molecule has 5 nitrogen and oxygen atoms in total. The van der Waals surface area contributed by atoms with E-state index in [0.717, 1.165) is 5.56 Å².